The monoisotopic (exact) mass is 418 g/mol. The van der Waals surface area contributed by atoms with Gasteiger partial charge in [-0.25, -0.2) is 8.42 Å². The van der Waals surface area contributed by atoms with E-state index in [4.69, 9.17) is 4.74 Å². The maximum Gasteiger partial charge on any atom is 0.264 e. The van der Waals surface area contributed by atoms with Gasteiger partial charge in [-0.15, -0.1) is 0 Å². The lowest BCUT2D eigenvalue weighted by molar-refractivity contribution is -0.120. The average molecular weight is 419 g/mol. The van der Waals surface area contributed by atoms with Crippen molar-refractivity contribution in [2.45, 2.75) is 45.6 Å². The Morgan fingerprint density at radius 3 is 2.28 bits per heavy atom. The zero-order chi connectivity index (χ0) is 21.6. The topological polar surface area (TPSA) is 75.7 Å². The lowest BCUT2D eigenvalue weighted by Crippen LogP contribution is -2.45. The molecule has 0 spiro atoms. The molecule has 1 amide bonds. The second-order valence-electron chi connectivity index (χ2n) is 7.33. The summed E-state index contributed by atoms with van der Waals surface area (Å²) in [7, 11) is -3.97. The number of rotatable bonds is 9. The summed E-state index contributed by atoms with van der Waals surface area (Å²) in [6.07, 6.45) is 0. The number of ether oxygens (including phenoxy) is 1. The van der Waals surface area contributed by atoms with Crippen molar-refractivity contribution in [2.75, 3.05) is 17.5 Å². The molecule has 1 atom stereocenters. The summed E-state index contributed by atoms with van der Waals surface area (Å²) in [6, 6.07) is 13.3. The maximum atomic E-state index is 13.4. The van der Waals surface area contributed by atoms with Crippen LogP contribution in [0.5, 0.6) is 5.75 Å². The van der Waals surface area contributed by atoms with Crippen LogP contribution in [0.2, 0.25) is 0 Å². The summed E-state index contributed by atoms with van der Waals surface area (Å²) in [4.78, 5) is 12.8. The van der Waals surface area contributed by atoms with Gasteiger partial charge in [0.2, 0.25) is 5.91 Å². The number of amides is 1. The molecule has 0 aromatic heterocycles. The normalized spacial score (nSPS) is 12.5. The number of benzene rings is 2. The Hall–Kier alpha value is -2.54. The fraction of sp³-hybridized carbons (Fsp3) is 0.409. The molecule has 2 aromatic carbocycles. The van der Waals surface area contributed by atoms with Crippen LogP contribution in [0, 0.1) is 12.8 Å². The van der Waals surface area contributed by atoms with Crippen LogP contribution in [0.4, 0.5) is 5.69 Å². The predicted molar refractivity (Wildman–Crippen MR) is 116 cm³/mol. The molecule has 2 rings (SSSR count). The zero-order valence-corrected chi connectivity index (χ0v) is 18.5. The lowest BCUT2D eigenvalue weighted by Gasteiger charge is -2.27. The van der Waals surface area contributed by atoms with Gasteiger partial charge in [-0.1, -0.05) is 43.7 Å². The van der Waals surface area contributed by atoms with Crippen molar-refractivity contribution >= 4 is 21.6 Å². The Morgan fingerprint density at radius 1 is 1.07 bits per heavy atom. The quantitative estimate of drug-likeness (QED) is 0.673. The summed E-state index contributed by atoms with van der Waals surface area (Å²) >= 11 is 0. The Balaban J connectivity index is 2.48. The maximum absolute atomic E-state index is 13.4. The molecule has 0 saturated carbocycles. The van der Waals surface area contributed by atoms with Gasteiger partial charge in [0.25, 0.3) is 10.0 Å². The molecule has 0 aliphatic rings. The third-order valence-corrected chi connectivity index (χ3v) is 6.49. The van der Waals surface area contributed by atoms with Crippen LogP contribution in [0.1, 0.15) is 33.3 Å². The first-order valence-electron chi connectivity index (χ1n) is 9.77. The van der Waals surface area contributed by atoms with Crippen LogP contribution >= 0.6 is 0 Å². The zero-order valence-electron chi connectivity index (χ0n) is 17.7. The van der Waals surface area contributed by atoms with Gasteiger partial charge in [-0.05, 0) is 51.0 Å². The molecule has 0 unspecified atom stereocenters. The summed E-state index contributed by atoms with van der Waals surface area (Å²) in [5, 5.41) is 2.88. The Bertz CT molecular complexity index is 924. The number of anilines is 1. The molecule has 0 aliphatic heterocycles. The molecule has 1 N–H and O–H groups in total. The van der Waals surface area contributed by atoms with E-state index in [0.29, 0.717) is 18.0 Å². The van der Waals surface area contributed by atoms with E-state index in [1.165, 1.54) is 0 Å². The predicted octanol–water partition coefficient (Wildman–Crippen LogP) is 3.75. The van der Waals surface area contributed by atoms with Crippen molar-refractivity contribution in [1.29, 1.82) is 0 Å². The van der Waals surface area contributed by atoms with Gasteiger partial charge >= 0.3 is 0 Å². The first kappa shape index (κ1) is 22.7. The number of carbonyl (C=O) groups excluding carboxylic acids is 1. The molecule has 158 valence electrons. The van der Waals surface area contributed by atoms with Crippen molar-refractivity contribution < 1.29 is 17.9 Å². The highest BCUT2D eigenvalue weighted by atomic mass is 32.2. The standard InChI is InChI=1S/C22H30N2O4S/c1-6-28-21-10-8-7-9-20(21)24(15-22(25)23-18(5)16(2)3)29(26,27)19-13-11-17(4)12-14-19/h7-14,16,18H,6,15H2,1-5H3,(H,23,25)/t18-/m1/s1. The molecule has 7 heteroatoms. The smallest absolute Gasteiger partial charge is 0.264 e. The Labute approximate surface area is 173 Å². The minimum absolute atomic E-state index is 0.0754. The molecule has 0 fully saturated rings. The highest BCUT2D eigenvalue weighted by molar-refractivity contribution is 7.92. The van der Waals surface area contributed by atoms with E-state index in [-0.39, 0.29) is 29.3 Å². The van der Waals surface area contributed by atoms with E-state index in [0.717, 1.165) is 9.87 Å². The average Bonchev–Trinajstić information content (AvgIpc) is 2.67. The minimum atomic E-state index is -3.97. The summed E-state index contributed by atoms with van der Waals surface area (Å²) in [6.45, 7) is 9.65. The van der Waals surface area contributed by atoms with Crippen LogP contribution < -0.4 is 14.4 Å². The minimum Gasteiger partial charge on any atom is -0.492 e. The first-order chi connectivity index (χ1) is 13.7. The van der Waals surface area contributed by atoms with E-state index in [1.807, 2.05) is 34.6 Å². The molecular formula is C22H30N2O4S. The van der Waals surface area contributed by atoms with Gasteiger partial charge in [-0.3, -0.25) is 9.10 Å². The van der Waals surface area contributed by atoms with Gasteiger partial charge in [0.05, 0.1) is 17.2 Å². The number of para-hydroxylation sites is 2. The molecule has 6 nitrogen and oxygen atoms in total. The van der Waals surface area contributed by atoms with Gasteiger partial charge in [0.1, 0.15) is 12.3 Å². The van der Waals surface area contributed by atoms with Crippen LogP contribution in [-0.2, 0) is 14.8 Å². The van der Waals surface area contributed by atoms with Crippen molar-refractivity contribution in [2.24, 2.45) is 5.92 Å². The van der Waals surface area contributed by atoms with E-state index >= 15 is 0 Å². The number of carbonyl (C=O) groups is 1. The summed E-state index contributed by atoms with van der Waals surface area (Å²) in [5.41, 5.74) is 1.29. The Morgan fingerprint density at radius 2 is 1.69 bits per heavy atom. The summed E-state index contributed by atoms with van der Waals surface area (Å²) < 4.78 is 33.6. The first-order valence-corrected chi connectivity index (χ1v) is 11.2. The number of nitrogens with one attached hydrogen (secondary N) is 1. The van der Waals surface area contributed by atoms with Crippen LogP contribution in [-0.4, -0.2) is 33.5 Å². The van der Waals surface area contributed by atoms with Crippen molar-refractivity contribution in [3.63, 3.8) is 0 Å². The fourth-order valence-corrected chi connectivity index (χ4v) is 4.11. The molecule has 0 radical (unpaired) electrons. The molecular weight excluding hydrogens is 388 g/mol. The van der Waals surface area contributed by atoms with E-state index < -0.39 is 10.0 Å². The van der Waals surface area contributed by atoms with Crippen LogP contribution in [0.15, 0.2) is 53.4 Å². The van der Waals surface area contributed by atoms with Crippen molar-refractivity contribution in [3.8, 4) is 5.75 Å². The number of hydrogen-bond donors (Lipinski definition) is 1. The Kier molecular flexibility index (Phi) is 7.67. The fourth-order valence-electron chi connectivity index (χ4n) is 2.67. The van der Waals surface area contributed by atoms with E-state index in [1.54, 1.807) is 48.5 Å². The molecule has 0 saturated heterocycles. The third kappa shape index (κ3) is 5.73. The number of aryl methyl sites for hydroxylation is 1. The van der Waals surface area contributed by atoms with Gasteiger partial charge in [0, 0.05) is 6.04 Å². The number of hydrogen-bond acceptors (Lipinski definition) is 4. The van der Waals surface area contributed by atoms with Crippen molar-refractivity contribution in [1.82, 2.24) is 5.32 Å². The third-order valence-electron chi connectivity index (χ3n) is 4.72. The van der Waals surface area contributed by atoms with Gasteiger partial charge < -0.3 is 10.1 Å². The SMILES string of the molecule is CCOc1ccccc1N(CC(=O)N[C@H](C)C(C)C)S(=O)(=O)c1ccc(C)cc1. The van der Waals surface area contributed by atoms with Gasteiger partial charge in [0.15, 0.2) is 0 Å². The van der Waals surface area contributed by atoms with E-state index in [9.17, 15) is 13.2 Å². The molecule has 2 aromatic rings. The highest BCUT2D eigenvalue weighted by Crippen LogP contribution is 2.32. The summed E-state index contributed by atoms with van der Waals surface area (Å²) in [5.74, 6) is 0.278. The highest BCUT2D eigenvalue weighted by Gasteiger charge is 2.29. The second kappa shape index (κ2) is 9.78. The molecule has 0 heterocycles. The largest absolute Gasteiger partial charge is 0.492 e. The molecule has 0 aliphatic carbocycles. The van der Waals surface area contributed by atoms with E-state index in [2.05, 4.69) is 5.32 Å². The molecule has 29 heavy (non-hydrogen) atoms. The molecule has 0 bridgehead atoms. The lowest BCUT2D eigenvalue weighted by atomic mass is 10.1. The number of nitrogens with zero attached hydrogens (tertiary/aromatic N) is 1. The number of sulfonamides is 1. The van der Waals surface area contributed by atoms with Crippen LogP contribution in [0.25, 0.3) is 0 Å². The van der Waals surface area contributed by atoms with Crippen molar-refractivity contribution in [3.05, 3.63) is 54.1 Å². The van der Waals surface area contributed by atoms with Gasteiger partial charge in [-0.2, -0.15) is 0 Å². The van der Waals surface area contributed by atoms with Crippen LogP contribution in [0.3, 0.4) is 0 Å². The second-order valence-corrected chi connectivity index (χ2v) is 9.19.